The minimum absolute atomic E-state index is 0.140. The largest absolute Gasteiger partial charge is 0.399 e. The summed E-state index contributed by atoms with van der Waals surface area (Å²) in [4.78, 5) is 11.9. The Labute approximate surface area is 121 Å². The molecule has 2 rings (SSSR count). The molecular formula is C16H16F2N2O. The van der Waals surface area contributed by atoms with Gasteiger partial charge in [0.25, 0.3) is 0 Å². The molecule has 0 heterocycles. The predicted octanol–water partition coefficient (Wildman–Crippen LogP) is 2.97. The van der Waals surface area contributed by atoms with Gasteiger partial charge in [0.05, 0.1) is 12.5 Å². The lowest BCUT2D eigenvalue weighted by molar-refractivity contribution is -0.121. The van der Waals surface area contributed by atoms with E-state index in [1.807, 2.05) is 13.0 Å². The van der Waals surface area contributed by atoms with E-state index in [0.29, 0.717) is 5.69 Å². The number of carbonyl (C=O) groups is 1. The van der Waals surface area contributed by atoms with E-state index in [1.165, 1.54) is 6.07 Å². The van der Waals surface area contributed by atoms with Crippen LogP contribution < -0.4 is 11.1 Å². The maximum Gasteiger partial charge on any atom is 0.225 e. The van der Waals surface area contributed by atoms with Gasteiger partial charge >= 0.3 is 0 Å². The molecule has 0 fully saturated rings. The van der Waals surface area contributed by atoms with Gasteiger partial charge in [-0.05, 0) is 36.2 Å². The molecule has 0 bridgehead atoms. The normalized spacial score (nSPS) is 12.0. The van der Waals surface area contributed by atoms with Crippen LogP contribution >= 0.6 is 0 Å². The molecule has 2 aromatic rings. The van der Waals surface area contributed by atoms with Gasteiger partial charge in [-0.2, -0.15) is 0 Å². The summed E-state index contributed by atoms with van der Waals surface area (Å²) < 4.78 is 26.3. The van der Waals surface area contributed by atoms with E-state index in [2.05, 4.69) is 5.32 Å². The Morgan fingerprint density at radius 1 is 1.24 bits per heavy atom. The van der Waals surface area contributed by atoms with E-state index in [0.717, 1.165) is 17.7 Å². The molecule has 0 saturated carbocycles. The zero-order valence-electron chi connectivity index (χ0n) is 11.6. The number of hydrogen-bond donors (Lipinski definition) is 2. The van der Waals surface area contributed by atoms with Gasteiger partial charge in [-0.3, -0.25) is 4.79 Å². The summed E-state index contributed by atoms with van der Waals surface area (Å²) in [5.74, 6) is -1.72. The first-order valence-electron chi connectivity index (χ1n) is 6.54. The minimum Gasteiger partial charge on any atom is -0.399 e. The monoisotopic (exact) mass is 290 g/mol. The Kier molecular flexibility index (Phi) is 4.52. The summed E-state index contributed by atoms with van der Waals surface area (Å²) in [6, 6.07) is 10.1. The Bertz CT molecular complexity index is 658. The number of anilines is 1. The third kappa shape index (κ3) is 4.02. The SMILES string of the molecule is CC(NC(=O)Cc1ccc(F)cc1F)c1cccc(N)c1. The van der Waals surface area contributed by atoms with E-state index in [4.69, 9.17) is 5.73 Å². The number of rotatable bonds is 4. The Morgan fingerprint density at radius 2 is 2.00 bits per heavy atom. The zero-order valence-corrected chi connectivity index (χ0v) is 11.6. The number of hydrogen-bond acceptors (Lipinski definition) is 2. The molecular weight excluding hydrogens is 274 g/mol. The fraction of sp³-hybridized carbons (Fsp3) is 0.188. The lowest BCUT2D eigenvalue weighted by atomic mass is 10.1. The van der Waals surface area contributed by atoms with Crippen LogP contribution in [0.4, 0.5) is 14.5 Å². The molecule has 3 N–H and O–H groups in total. The molecule has 110 valence electrons. The van der Waals surface area contributed by atoms with Gasteiger partial charge in [-0.25, -0.2) is 8.78 Å². The number of halogens is 2. The molecule has 0 saturated heterocycles. The third-order valence-corrected chi connectivity index (χ3v) is 3.15. The number of benzene rings is 2. The van der Waals surface area contributed by atoms with Gasteiger partial charge in [0.2, 0.25) is 5.91 Å². The van der Waals surface area contributed by atoms with E-state index in [1.54, 1.807) is 18.2 Å². The quantitative estimate of drug-likeness (QED) is 0.851. The van der Waals surface area contributed by atoms with Crippen molar-refractivity contribution in [1.29, 1.82) is 0 Å². The van der Waals surface area contributed by atoms with Crippen molar-refractivity contribution in [3.05, 3.63) is 65.2 Å². The second-order valence-electron chi connectivity index (χ2n) is 4.87. The molecule has 1 unspecified atom stereocenters. The predicted molar refractivity (Wildman–Crippen MR) is 77.5 cm³/mol. The summed E-state index contributed by atoms with van der Waals surface area (Å²) >= 11 is 0. The van der Waals surface area contributed by atoms with Gasteiger partial charge in [0.15, 0.2) is 0 Å². The first-order valence-corrected chi connectivity index (χ1v) is 6.54. The Hall–Kier alpha value is -2.43. The van der Waals surface area contributed by atoms with Crippen LogP contribution in [0.25, 0.3) is 0 Å². The molecule has 0 aliphatic carbocycles. The van der Waals surface area contributed by atoms with Crippen molar-refractivity contribution >= 4 is 11.6 Å². The summed E-state index contributed by atoms with van der Waals surface area (Å²) in [5.41, 5.74) is 7.32. The molecule has 0 spiro atoms. The minimum atomic E-state index is -0.721. The standard InChI is InChI=1S/C16H16F2N2O/c1-10(11-3-2-4-14(19)7-11)20-16(21)8-12-5-6-13(17)9-15(12)18/h2-7,9-10H,8,19H2,1H3,(H,20,21). The molecule has 2 aromatic carbocycles. The van der Waals surface area contributed by atoms with Crippen LogP contribution in [0.3, 0.4) is 0 Å². The second-order valence-corrected chi connectivity index (χ2v) is 4.87. The highest BCUT2D eigenvalue weighted by atomic mass is 19.1. The van der Waals surface area contributed by atoms with Crippen LogP contribution in [0.2, 0.25) is 0 Å². The molecule has 1 amide bonds. The molecule has 0 radical (unpaired) electrons. The van der Waals surface area contributed by atoms with Crippen LogP contribution in [0.1, 0.15) is 24.1 Å². The lowest BCUT2D eigenvalue weighted by Gasteiger charge is -2.15. The van der Waals surface area contributed by atoms with Crippen molar-refractivity contribution in [2.75, 3.05) is 5.73 Å². The fourth-order valence-corrected chi connectivity index (χ4v) is 2.04. The van der Waals surface area contributed by atoms with Gasteiger partial charge in [-0.1, -0.05) is 18.2 Å². The van der Waals surface area contributed by atoms with E-state index < -0.39 is 11.6 Å². The summed E-state index contributed by atoms with van der Waals surface area (Å²) in [6.45, 7) is 1.81. The smallest absolute Gasteiger partial charge is 0.225 e. The molecule has 3 nitrogen and oxygen atoms in total. The van der Waals surface area contributed by atoms with Crippen LogP contribution in [-0.4, -0.2) is 5.91 Å². The summed E-state index contributed by atoms with van der Waals surface area (Å²) in [6.07, 6.45) is -0.140. The van der Waals surface area contributed by atoms with Crippen molar-refractivity contribution < 1.29 is 13.6 Å². The second kappa shape index (κ2) is 6.35. The highest BCUT2D eigenvalue weighted by molar-refractivity contribution is 5.79. The van der Waals surface area contributed by atoms with Crippen LogP contribution in [0.5, 0.6) is 0 Å². The summed E-state index contributed by atoms with van der Waals surface area (Å²) in [5, 5.41) is 2.76. The van der Waals surface area contributed by atoms with Crippen molar-refractivity contribution in [1.82, 2.24) is 5.32 Å². The van der Waals surface area contributed by atoms with E-state index in [-0.39, 0.29) is 23.9 Å². The Balaban J connectivity index is 2.01. The summed E-state index contributed by atoms with van der Waals surface area (Å²) in [7, 11) is 0. The van der Waals surface area contributed by atoms with Crippen LogP contribution in [0, 0.1) is 11.6 Å². The van der Waals surface area contributed by atoms with Gasteiger partial charge in [0.1, 0.15) is 11.6 Å². The average molecular weight is 290 g/mol. The van der Waals surface area contributed by atoms with Gasteiger partial charge in [0, 0.05) is 11.8 Å². The Morgan fingerprint density at radius 3 is 2.67 bits per heavy atom. The highest BCUT2D eigenvalue weighted by Gasteiger charge is 2.13. The molecule has 0 aliphatic heterocycles. The number of nitrogen functional groups attached to an aromatic ring is 1. The van der Waals surface area contributed by atoms with E-state index in [9.17, 15) is 13.6 Å². The third-order valence-electron chi connectivity index (χ3n) is 3.15. The maximum atomic E-state index is 13.5. The van der Waals surface area contributed by atoms with Crippen molar-refractivity contribution in [2.45, 2.75) is 19.4 Å². The van der Waals surface area contributed by atoms with E-state index >= 15 is 0 Å². The highest BCUT2D eigenvalue weighted by Crippen LogP contribution is 2.16. The molecule has 5 heteroatoms. The fourth-order valence-electron chi connectivity index (χ4n) is 2.04. The van der Waals surface area contributed by atoms with Crippen LogP contribution in [0.15, 0.2) is 42.5 Å². The first kappa shape index (κ1) is 15.0. The van der Waals surface area contributed by atoms with Gasteiger partial charge in [-0.15, -0.1) is 0 Å². The van der Waals surface area contributed by atoms with Crippen LogP contribution in [-0.2, 0) is 11.2 Å². The number of amides is 1. The molecule has 0 aromatic heterocycles. The van der Waals surface area contributed by atoms with Crippen molar-refractivity contribution in [2.24, 2.45) is 0 Å². The molecule has 1 atom stereocenters. The number of carbonyl (C=O) groups excluding carboxylic acids is 1. The van der Waals surface area contributed by atoms with Crippen molar-refractivity contribution in [3.63, 3.8) is 0 Å². The first-order chi connectivity index (χ1) is 9.95. The average Bonchev–Trinajstić information content (AvgIpc) is 2.42. The van der Waals surface area contributed by atoms with Crippen molar-refractivity contribution in [3.8, 4) is 0 Å². The lowest BCUT2D eigenvalue weighted by Crippen LogP contribution is -2.28. The van der Waals surface area contributed by atoms with Gasteiger partial charge < -0.3 is 11.1 Å². The topological polar surface area (TPSA) is 55.1 Å². The molecule has 21 heavy (non-hydrogen) atoms. The molecule has 0 aliphatic rings. The number of nitrogens with two attached hydrogens (primary N) is 1. The zero-order chi connectivity index (χ0) is 15.4. The number of nitrogens with one attached hydrogen (secondary N) is 1. The maximum absolute atomic E-state index is 13.5.